The van der Waals surface area contributed by atoms with E-state index in [0.717, 1.165) is 32.6 Å². The zero-order valence-electron chi connectivity index (χ0n) is 9.52. The zero-order valence-corrected chi connectivity index (χ0v) is 10.4. The van der Waals surface area contributed by atoms with Crippen molar-refractivity contribution in [2.45, 2.75) is 32.6 Å². The summed E-state index contributed by atoms with van der Waals surface area (Å²) in [7, 11) is -2.52. The minimum absolute atomic E-state index is 0.657. The molecule has 2 aliphatic rings. The Morgan fingerprint density at radius 3 is 2.13 bits per heavy atom. The second kappa shape index (κ2) is 4.96. The molecule has 0 spiro atoms. The Morgan fingerprint density at radius 1 is 1.07 bits per heavy atom. The third kappa shape index (κ3) is 3.04. The van der Waals surface area contributed by atoms with Gasteiger partial charge in [0.1, 0.15) is 0 Å². The fourth-order valence-corrected chi connectivity index (χ4v) is 3.89. The topological polar surface area (TPSA) is 32.3 Å². The van der Waals surface area contributed by atoms with Crippen LogP contribution in [-0.2, 0) is 9.09 Å². The molecule has 0 aromatic rings. The van der Waals surface area contributed by atoms with E-state index < -0.39 is 7.67 Å². The lowest BCUT2D eigenvalue weighted by atomic mass is 10.2. The predicted molar refractivity (Wildman–Crippen MR) is 60.8 cm³/mol. The molecule has 0 unspecified atom stereocenters. The summed E-state index contributed by atoms with van der Waals surface area (Å²) >= 11 is 0. The zero-order chi connectivity index (χ0) is 10.7. The Labute approximate surface area is 92.1 Å². The van der Waals surface area contributed by atoms with Crippen molar-refractivity contribution in [2.75, 3.05) is 32.8 Å². The molecular formula is C10H21N2O2P. The molecule has 0 atom stereocenters. The van der Waals surface area contributed by atoms with Gasteiger partial charge in [-0.2, -0.15) is 0 Å². The van der Waals surface area contributed by atoms with Crippen molar-refractivity contribution in [1.29, 1.82) is 0 Å². The second-order valence-corrected chi connectivity index (χ2v) is 6.66. The van der Waals surface area contributed by atoms with E-state index in [2.05, 4.69) is 6.92 Å². The average molecular weight is 232 g/mol. The molecule has 2 fully saturated rings. The number of hydrogen-bond donors (Lipinski definition) is 0. The van der Waals surface area contributed by atoms with Crippen LogP contribution in [0.5, 0.6) is 0 Å². The van der Waals surface area contributed by atoms with Crippen LogP contribution in [0.2, 0.25) is 0 Å². The van der Waals surface area contributed by atoms with Crippen LogP contribution in [0.4, 0.5) is 0 Å². The highest BCUT2D eigenvalue weighted by Gasteiger charge is 2.49. The quantitative estimate of drug-likeness (QED) is 0.365. The molecular weight excluding hydrogens is 211 g/mol. The van der Waals surface area contributed by atoms with E-state index in [1.54, 1.807) is 0 Å². The lowest BCUT2D eigenvalue weighted by Gasteiger charge is -2.19. The van der Waals surface area contributed by atoms with E-state index >= 15 is 0 Å². The van der Waals surface area contributed by atoms with Crippen LogP contribution in [0.3, 0.4) is 0 Å². The van der Waals surface area contributed by atoms with Gasteiger partial charge in [0, 0.05) is 26.2 Å². The SMILES string of the molecule is CCCCCCOP(=O)(N1CC1)N1CC1. The summed E-state index contributed by atoms with van der Waals surface area (Å²) in [5, 5.41) is 0. The summed E-state index contributed by atoms with van der Waals surface area (Å²) in [6.07, 6.45) is 4.72. The molecule has 0 aromatic heterocycles. The first kappa shape index (κ1) is 11.6. The molecule has 4 nitrogen and oxygen atoms in total. The summed E-state index contributed by atoms with van der Waals surface area (Å²) in [5.74, 6) is 0. The Kier molecular flexibility index (Phi) is 3.83. The van der Waals surface area contributed by atoms with E-state index in [4.69, 9.17) is 4.52 Å². The van der Waals surface area contributed by atoms with Crippen LogP contribution < -0.4 is 0 Å². The maximum atomic E-state index is 12.4. The van der Waals surface area contributed by atoms with Gasteiger partial charge in [-0.05, 0) is 6.42 Å². The Morgan fingerprint density at radius 2 is 1.67 bits per heavy atom. The monoisotopic (exact) mass is 232 g/mol. The maximum Gasteiger partial charge on any atom is 0.346 e. The van der Waals surface area contributed by atoms with Crippen molar-refractivity contribution in [3.8, 4) is 0 Å². The standard InChI is InChI=1S/C10H21N2O2P/c1-2-3-4-5-10-14-15(13,11-6-7-11)12-8-9-12/h2-10H2,1H3. The molecule has 0 aromatic carbocycles. The van der Waals surface area contributed by atoms with Crippen LogP contribution in [0.1, 0.15) is 32.6 Å². The highest BCUT2D eigenvalue weighted by molar-refractivity contribution is 7.54. The van der Waals surface area contributed by atoms with Gasteiger partial charge in [0.05, 0.1) is 6.61 Å². The van der Waals surface area contributed by atoms with Crippen LogP contribution in [0.15, 0.2) is 0 Å². The fraction of sp³-hybridized carbons (Fsp3) is 1.00. The molecule has 2 heterocycles. The molecule has 5 heteroatoms. The third-order valence-corrected chi connectivity index (χ3v) is 5.57. The summed E-state index contributed by atoms with van der Waals surface area (Å²) in [5.41, 5.74) is 0. The molecule has 2 rings (SSSR count). The molecule has 0 aliphatic carbocycles. The lowest BCUT2D eigenvalue weighted by molar-refractivity contribution is 0.265. The van der Waals surface area contributed by atoms with Crippen LogP contribution in [-0.4, -0.2) is 42.1 Å². The van der Waals surface area contributed by atoms with Crippen LogP contribution in [0.25, 0.3) is 0 Å². The van der Waals surface area contributed by atoms with Crippen molar-refractivity contribution in [3.05, 3.63) is 0 Å². The fourth-order valence-electron chi connectivity index (χ4n) is 1.65. The first-order chi connectivity index (χ1) is 7.27. The van der Waals surface area contributed by atoms with Crippen molar-refractivity contribution < 1.29 is 9.09 Å². The Hall–Kier alpha value is 0.110. The van der Waals surface area contributed by atoms with Crippen molar-refractivity contribution in [2.24, 2.45) is 0 Å². The summed E-state index contributed by atoms with van der Waals surface area (Å²) in [6, 6.07) is 0. The molecule has 2 saturated heterocycles. The van der Waals surface area contributed by atoms with Crippen molar-refractivity contribution in [1.82, 2.24) is 9.34 Å². The molecule has 0 amide bonds. The predicted octanol–water partition coefficient (Wildman–Crippen LogP) is 2.32. The van der Waals surface area contributed by atoms with Gasteiger partial charge >= 0.3 is 7.67 Å². The molecule has 88 valence electrons. The van der Waals surface area contributed by atoms with Gasteiger partial charge in [0.25, 0.3) is 0 Å². The largest absolute Gasteiger partial charge is 0.346 e. The molecule has 15 heavy (non-hydrogen) atoms. The van der Waals surface area contributed by atoms with E-state index in [1.807, 2.05) is 9.34 Å². The first-order valence-corrected chi connectivity index (χ1v) is 7.56. The van der Waals surface area contributed by atoms with Gasteiger partial charge in [0.2, 0.25) is 0 Å². The van der Waals surface area contributed by atoms with Crippen LogP contribution >= 0.6 is 7.67 Å². The van der Waals surface area contributed by atoms with Gasteiger partial charge < -0.3 is 4.52 Å². The highest BCUT2D eigenvalue weighted by atomic mass is 31.2. The number of nitrogens with zero attached hydrogens (tertiary/aromatic N) is 2. The average Bonchev–Trinajstić information content (AvgIpc) is 3.07. The normalized spacial score (nSPS) is 21.9. The smallest absolute Gasteiger partial charge is 0.306 e. The lowest BCUT2D eigenvalue weighted by Crippen LogP contribution is -2.08. The Balaban J connectivity index is 1.68. The summed E-state index contributed by atoms with van der Waals surface area (Å²) < 4.78 is 22.0. The number of rotatable bonds is 8. The van der Waals surface area contributed by atoms with Crippen molar-refractivity contribution in [3.63, 3.8) is 0 Å². The number of unbranched alkanes of at least 4 members (excludes halogenated alkanes) is 3. The summed E-state index contributed by atoms with van der Waals surface area (Å²) in [6.45, 7) is 6.64. The van der Waals surface area contributed by atoms with Gasteiger partial charge in [-0.1, -0.05) is 26.2 Å². The van der Waals surface area contributed by atoms with E-state index in [9.17, 15) is 4.57 Å². The molecule has 2 aliphatic heterocycles. The van der Waals surface area contributed by atoms with E-state index in [0.29, 0.717) is 6.61 Å². The molecule has 0 N–H and O–H groups in total. The molecule has 0 bridgehead atoms. The van der Waals surface area contributed by atoms with E-state index in [-0.39, 0.29) is 0 Å². The maximum absolute atomic E-state index is 12.4. The number of hydrogen-bond acceptors (Lipinski definition) is 2. The molecule has 0 radical (unpaired) electrons. The summed E-state index contributed by atoms with van der Waals surface area (Å²) in [4.78, 5) is 0. The Bertz CT molecular complexity index is 236. The van der Waals surface area contributed by atoms with Gasteiger partial charge in [-0.15, -0.1) is 0 Å². The third-order valence-electron chi connectivity index (χ3n) is 2.82. The van der Waals surface area contributed by atoms with Crippen LogP contribution in [0, 0.1) is 0 Å². The molecule has 0 saturated carbocycles. The highest BCUT2D eigenvalue weighted by Crippen LogP contribution is 2.60. The van der Waals surface area contributed by atoms with Gasteiger partial charge in [0.15, 0.2) is 0 Å². The van der Waals surface area contributed by atoms with Crippen molar-refractivity contribution >= 4 is 7.67 Å². The minimum Gasteiger partial charge on any atom is -0.306 e. The van der Waals surface area contributed by atoms with Gasteiger partial charge in [-0.3, -0.25) is 4.57 Å². The minimum atomic E-state index is -2.52. The second-order valence-electron chi connectivity index (χ2n) is 4.29. The van der Waals surface area contributed by atoms with Gasteiger partial charge in [-0.25, -0.2) is 9.34 Å². The van der Waals surface area contributed by atoms with E-state index in [1.165, 1.54) is 19.3 Å². The first-order valence-electron chi connectivity index (χ1n) is 6.03.